The maximum Gasteiger partial charge on any atom is 0.335 e. The van der Waals surface area contributed by atoms with Crippen molar-refractivity contribution in [1.29, 1.82) is 0 Å². The van der Waals surface area contributed by atoms with Crippen molar-refractivity contribution < 1.29 is 18.3 Å². The molecule has 1 N–H and O–H groups in total. The van der Waals surface area contributed by atoms with E-state index < -0.39 is 15.8 Å². The van der Waals surface area contributed by atoms with Crippen LogP contribution in [0.3, 0.4) is 0 Å². The monoisotopic (exact) mass is 297 g/mol. The molecule has 2 rings (SSSR count). The van der Waals surface area contributed by atoms with Gasteiger partial charge in [-0.2, -0.15) is 0 Å². The number of carboxylic acids is 1. The molecule has 1 fully saturated rings. The molecule has 20 heavy (non-hydrogen) atoms. The van der Waals surface area contributed by atoms with Crippen molar-refractivity contribution in [1.82, 2.24) is 4.90 Å². The zero-order valence-electron chi connectivity index (χ0n) is 11.4. The van der Waals surface area contributed by atoms with Gasteiger partial charge in [0, 0.05) is 13.1 Å². The van der Waals surface area contributed by atoms with E-state index in [-0.39, 0.29) is 16.2 Å². The minimum absolute atomic E-state index is 0.00240. The Morgan fingerprint density at radius 2 is 2.10 bits per heavy atom. The molecule has 5 nitrogen and oxygen atoms in total. The summed E-state index contributed by atoms with van der Waals surface area (Å²) in [5.74, 6) is -0.384. The lowest BCUT2D eigenvalue weighted by Crippen LogP contribution is -2.27. The molecule has 0 amide bonds. The van der Waals surface area contributed by atoms with Crippen LogP contribution in [0.15, 0.2) is 29.2 Å². The quantitative estimate of drug-likeness (QED) is 0.825. The number of hydrogen-bond acceptors (Lipinski definition) is 4. The van der Waals surface area contributed by atoms with Gasteiger partial charge in [0.1, 0.15) is 0 Å². The fraction of sp³-hybridized carbons (Fsp3) is 0.500. The zero-order valence-corrected chi connectivity index (χ0v) is 12.3. The molecule has 0 unspecified atom stereocenters. The maximum absolute atomic E-state index is 12.2. The first-order chi connectivity index (χ1) is 9.38. The number of rotatable bonds is 7. The fourth-order valence-electron chi connectivity index (χ4n) is 2.05. The number of hydrogen-bond donors (Lipinski definition) is 1. The first-order valence-electron chi connectivity index (χ1n) is 6.63. The fourth-order valence-corrected chi connectivity index (χ4v) is 3.43. The number of benzene rings is 1. The Hall–Kier alpha value is -1.40. The van der Waals surface area contributed by atoms with Crippen LogP contribution in [-0.4, -0.2) is 50.3 Å². The van der Waals surface area contributed by atoms with Gasteiger partial charge >= 0.3 is 5.97 Å². The number of sulfone groups is 1. The Morgan fingerprint density at radius 1 is 1.40 bits per heavy atom. The van der Waals surface area contributed by atoms with Crippen molar-refractivity contribution in [3.8, 4) is 0 Å². The summed E-state index contributed by atoms with van der Waals surface area (Å²) in [4.78, 5) is 13.0. The van der Waals surface area contributed by atoms with E-state index in [0.717, 1.165) is 12.5 Å². The van der Waals surface area contributed by atoms with Crippen molar-refractivity contribution >= 4 is 15.8 Å². The number of carboxylic acid groups (broad SMARTS) is 1. The number of carbonyl (C=O) groups is 1. The van der Waals surface area contributed by atoms with Gasteiger partial charge in [-0.1, -0.05) is 6.07 Å². The molecule has 0 atom stereocenters. The molecule has 1 aliphatic carbocycles. The van der Waals surface area contributed by atoms with Crippen LogP contribution in [0.2, 0.25) is 0 Å². The van der Waals surface area contributed by atoms with Crippen molar-refractivity contribution in [3.63, 3.8) is 0 Å². The third kappa shape index (κ3) is 4.05. The highest BCUT2D eigenvalue weighted by Gasteiger charge is 2.24. The first-order valence-corrected chi connectivity index (χ1v) is 8.28. The van der Waals surface area contributed by atoms with E-state index in [9.17, 15) is 13.2 Å². The largest absolute Gasteiger partial charge is 0.478 e. The van der Waals surface area contributed by atoms with Crippen LogP contribution in [0.4, 0.5) is 0 Å². The summed E-state index contributed by atoms with van der Waals surface area (Å²) in [6.45, 7) is 1.40. The second-order valence-electron chi connectivity index (χ2n) is 5.36. The van der Waals surface area contributed by atoms with Gasteiger partial charge in [0.2, 0.25) is 0 Å². The van der Waals surface area contributed by atoms with Crippen LogP contribution in [0.1, 0.15) is 23.2 Å². The summed E-state index contributed by atoms with van der Waals surface area (Å²) in [7, 11) is -1.51. The van der Waals surface area contributed by atoms with Gasteiger partial charge < -0.3 is 10.0 Å². The molecule has 1 aromatic carbocycles. The van der Waals surface area contributed by atoms with E-state index in [1.807, 2.05) is 11.9 Å². The average molecular weight is 297 g/mol. The van der Waals surface area contributed by atoms with Crippen LogP contribution in [-0.2, 0) is 9.84 Å². The van der Waals surface area contributed by atoms with Gasteiger partial charge in [-0.15, -0.1) is 0 Å². The molecule has 0 aromatic heterocycles. The molecule has 0 heterocycles. The lowest BCUT2D eigenvalue weighted by Gasteiger charge is -2.16. The van der Waals surface area contributed by atoms with Gasteiger partial charge in [0.05, 0.1) is 16.2 Å². The van der Waals surface area contributed by atoms with Crippen molar-refractivity contribution in [2.45, 2.75) is 17.7 Å². The highest BCUT2D eigenvalue weighted by Crippen LogP contribution is 2.29. The molecule has 0 saturated heterocycles. The average Bonchev–Trinajstić information content (AvgIpc) is 3.20. The van der Waals surface area contributed by atoms with Gasteiger partial charge in [-0.05, 0) is 44.0 Å². The number of aromatic carboxylic acids is 1. The van der Waals surface area contributed by atoms with E-state index in [0.29, 0.717) is 6.54 Å². The Balaban J connectivity index is 2.01. The molecular weight excluding hydrogens is 278 g/mol. The molecule has 1 aromatic rings. The molecule has 0 spiro atoms. The summed E-state index contributed by atoms with van der Waals surface area (Å²) >= 11 is 0. The first kappa shape index (κ1) is 15.0. The molecule has 0 radical (unpaired) electrons. The van der Waals surface area contributed by atoms with Crippen molar-refractivity contribution in [3.05, 3.63) is 29.8 Å². The summed E-state index contributed by atoms with van der Waals surface area (Å²) < 4.78 is 24.4. The van der Waals surface area contributed by atoms with Crippen LogP contribution in [0.5, 0.6) is 0 Å². The SMILES string of the molecule is CN(CCS(=O)(=O)c1cccc(C(=O)O)c1)CC1CC1. The molecule has 0 bridgehead atoms. The Labute approximate surface area is 119 Å². The topological polar surface area (TPSA) is 74.7 Å². The highest BCUT2D eigenvalue weighted by molar-refractivity contribution is 7.91. The number of nitrogens with zero attached hydrogens (tertiary/aromatic N) is 1. The maximum atomic E-state index is 12.2. The van der Waals surface area contributed by atoms with Crippen LogP contribution < -0.4 is 0 Å². The molecule has 6 heteroatoms. The van der Waals surface area contributed by atoms with E-state index >= 15 is 0 Å². The second kappa shape index (κ2) is 5.93. The summed E-state index contributed by atoms with van der Waals surface area (Å²) in [5.41, 5.74) is -0.00240. The Kier molecular flexibility index (Phi) is 4.45. The van der Waals surface area contributed by atoms with Gasteiger partial charge in [0.15, 0.2) is 9.84 Å². The van der Waals surface area contributed by atoms with E-state index in [1.54, 1.807) is 0 Å². The summed E-state index contributed by atoms with van der Waals surface area (Å²) in [5, 5.41) is 8.90. The highest BCUT2D eigenvalue weighted by atomic mass is 32.2. The third-order valence-electron chi connectivity index (χ3n) is 3.45. The lowest BCUT2D eigenvalue weighted by atomic mass is 10.2. The predicted octanol–water partition coefficient (Wildman–Crippen LogP) is 1.50. The van der Waals surface area contributed by atoms with E-state index in [2.05, 4.69) is 0 Å². The predicted molar refractivity (Wildman–Crippen MR) is 75.7 cm³/mol. The van der Waals surface area contributed by atoms with E-state index in [4.69, 9.17) is 5.11 Å². The molecule has 110 valence electrons. The minimum Gasteiger partial charge on any atom is -0.478 e. The van der Waals surface area contributed by atoms with Crippen molar-refractivity contribution in [2.75, 3.05) is 25.9 Å². The molecule has 0 aliphatic heterocycles. The van der Waals surface area contributed by atoms with E-state index in [1.165, 1.54) is 37.1 Å². The standard InChI is InChI=1S/C14H19NO4S/c1-15(10-11-5-6-11)7-8-20(18,19)13-4-2-3-12(9-13)14(16)17/h2-4,9,11H,5-8,10H2,1H3,(H,16,17). The third-order valence-corrected chi connectivity index (χ3v) is 5.14. The lowest BCUT2D eigenvalue weighted by molar-refractivity contribution is 0.0696. The van der Waals surface area contributed by atoms with Crippen LogP contribution in [0.25, 0.3) is 0 Å². The summed E-state index contributed by atoms with van der Waals surface area (Å²) in [6.07, 6.45) is 2.47. The van der Waals surface area contributed by atoms with Gasteiger partial charge in [-0.25, -0.2) is 13.2 Å². The smallest absolute Gasteiger partial charge is 0.335 e. The van der Waals surface area contributed by atoms with Crippen LogP contribution >= 0.6 is 0 Å². The summed E-state index contributed by atoms with van der Waals surface area (Å²) in [6, 6.07) is 5.52. The van der Waals surface area contributed by atoms with Gasteiger partial charge in [-0.3, -0.25) is 0 Å². The normalized spacial score (nSPS) is 15.5. The molecular formula is C14H19NO4S. The second-order valence-corrected chi connectivity index (χ2v) is 7.47. The Bertz CT molecular complexity index is 593. The molecule has 1 saturated carbocycles. The molecule has 1 aliphatic rings. The van der Waals surface area contributed by atoms with Crippen molar-refractivity contribution in [2.24, 2.45) is 5.92 Å². The van der Waals surface area contributed by atoms with Gasteiger partial charge in [0.25, 0.3) is 0 Å². The zero-order chi connectivity index (χ0) is 14.8. The Morgan fingerprint density at radius 3 is 2.70 bits per heavy atom. The van der Waals surface area contributed by atoms with Crippen LogP contribution in [0, 0.1) is 5.92 Å². The minimum atomic E-state index is -3.43.